The minimum atomic E-state index is 0.230. The summed E-state index contributed by atoms with van der Waals surface area (Å²) in [5, 5.41) is 0. The van der Waals surface area contributed by atoms with Crippen LogP contribution in [0.1, 0.15) is 77.0 Å². The van der Waals surface area contributed by atoms with Crippen LogP contribution in [0, 0.1) is 17.8 Å². The monoisotopic (exact) mass is 305 g/mol. The molecule has 22 heavy (non-hydrogen) atoms. The molecule has 3 rings (SSSR count). The minimum absolute atomic E-state index is 0.230. The molecule has 0 aromatic carbocycles. The van der Waals surface area contributed by atoms with Gasteiger partial charge < -0.3 is 4.90 Å². The van der Waals surface area contributed by atoms with Crippen molar-refractivity contribution in [1.29, 1.82) is 0 Å². The van der Waals surface area contributed by atoms with Crippen molar-refractivity contribution < 1.29 is 9.59 Å². The molecular weight excluding hydrogens is 274 g/mol. The van der Waals surface area contributed by atoms with Crippen LogP contribution in [0.25, 0.3) is 0 Å². The van der Waals surface area contributed by atoms with E-state index >= 15 is 0 Å². The molecule has 0 N–H and O–H groups in total. The first kappa shape index (κ1) is 16.0. The number of rotatable bonds is 4. The Bertz CT molecular complexity index is 400. The van der Waals surface area contributed by atoms with Gasteiger partial charge in [0, 0.05) is 31.8 Å². The van der Waals surface area contributed by atoms with E-state index in [0.717, 1.165) is 37.8 Å². The van der Waals surface area contributed by atoms with Gasteiger partial charge in [0.25, 0.3) is 0 Å². The summed E-state index contributed by atoms with van der Waals surface area (Å²) in [5.74, 6) is 2.43. The maximum absolute atomic E-state index is 12.4. The van der Waals surface area contributed by atoms with E-state index in [1.165, 1.54) is 51.4 Å². The van der Waals surface area contributed by atoms with E-state index in [4.69, 9.17) is 0 Å². The fourth-order valence-electron chi connectivity index (χ4n) is 4.84. The van der Waals surface area contributed by atoms with E-state index in [0.29, 0.717) is 18.6 Å². The molecule has 3 aliphatic rings. The lowest BCUT2D eigenvalue weighted by Gasteiger charge is -2.41. The third kappa shape index (κ3) is 3.91. The molecule has 3 fully saturated rings. The van der Waals surface area contributed by atoms with Crippen molar-refractivity contribution in [3.63, 3.8) is 0 Å². The predicted molar refractivity (Wildman–Crippen MR) is 87.5 cm³/mol. The third-order valence-electron chi connectivity index (χ3n) is 6.29. The van der Waals surface area contributed by atoms with Gasteiger partial charge in [0.1, 0.15) is 5.78 Å². The van der Waals surface area contributed by atoms with E-state index in [1.54, 1.807) is 0 Å². The first-order valence-corrected chi connectivity index (χ1v) is 9.54. The second kappa shape index (κ2) is 7.61. The van der Waals surface area contributed by atoms with Crippen molar-refractivity contribution in [2.45, 2.75) is 77.0 Å². The molecule has 0 aromatic heterocycles. The van der Waals surface area contributed by atoms with Crippen LogP contribution in [0.15, 0.2) is 0 Å². The van der Waals surface area contributed by atoms with E-state index in [1.807, 2.05) is 0 Å². The van der Waals surface area contributed by atoms with Gasteiger partial charge in [-0.25, -0.2) is 0 Å². The highest BCUT2D eigenvalue weighted by Crippen LogP contribution is 2.36. The molecule has 2 unspecified atom stereocenters. The van der Waals surface area contributed by atoms with Gasteiger partial charge >= 0.3 is 0 Å². The smallest absolute Gasteiger partial charge is 0.223 e. The molecule has 0 radical (unpaired) electrons. The fourth-order valence-corrected chi connectivity index (χ4v) is 4.84. The fraction of sp³-hybridized carbons (Fsp3) is 0.895. The number of Topliss-reactive ketones (excluding diaryl/α,β-unsaturated/α-hetero) is 1. The summed E-state index contributed by atoms with van der Waals surface area (Å²) in [6.45, 7) is 1.89. The number of piperidine rings is 1. The van der Waals surface area contributed by atoms with Crippen molar-refractivity contribution in [3.05, 3.63) is 0 Å². The van der Waals surface area contributed by atoms with Gasteiger partial charge in [-0.05, 0) is 37.5 Å². The summed E-state index contributed by atoms with van der Waals surface area (Å²) in [7, 11) is 0. The highest BCUT2D eigenvalue weighted by molar-refractivity contribution is 5.86. The number of likely N-dealkylation sites (tertiary alicyclic amines) is 1. The number of hydrogen-bond donors (Lipinski definition) is 0. The zero-order valence-electron chi connectivity index (χ0n) is 13.9. The normalized spacial score (nSPS) is 29.9. The number of fused-ring (bicyclic) bond motifs is 1. The molecule has 124 valence electrons. The molecule has 1 aliphatic heterocycles. The van der Waals surface area contributed by atoms with Gasteiger partial charge in [0.05, 0.1) is 0 Å². The summed E-state index contributed by atoms with van der Waals surface area (Å²) < 4.78 is 0. The van der Waals surface area contributed by atoms with Crippen molar-refractivity contribution in [2.75, 3.05) is 13.1 Å². The Morgan fingerprint density at radius 2 is 1.45 bits per heavy atom. The van der Waals surface area contributed by atoms with E-state index < -0.39 is 0 Å². The van der Waals surface area contributed by atoms with Gasteiger partial charge in [0.15, 0.2) is 0 Å². The molecule has 2 saturated carbocycles. The Morgan fingerprint density at radius 3 is 2.23 bits per heavy atom. The maximum Gasteiger partial charge on any atom is 0.223 e. The van der Waals surface area contributed by atoms with E-state index in [2.05, 4.69) is 4.90 Å². The molecule has 1 heterocycles. The SMILES string of the molecule is O=C(CCC(=O)N1CCC2CCCCC2C1)C1CCCCC1. The Labute approximate surface area is 134 Å². The first-order chi connectivity index (χ1) is 10.7. The number of hydrogen-bond acceptors (Lipinski definition) is 2. The van der Waals surface area contributed by atoms with Crippen molar-refractivity contribution in [1.82, 2.24) is 4.90 Å². The molecule has 3 nitrogen and oxygen atoms in total. The number of nitrogens with zero attached hydrogens (tertiary/aromatic N) is 1. The van der Waals surface area contributed by atoms with Crippen LogP contribution in [0.4, 0.5) is 0 Å². The van der Waals surface area contributed by atoms with Gasteiger partial charge in [-0.1, -0.05) is 38.5 Å². The molecular formula is C19H31NO2. The summed E-state index contributed by atoms with van der Waals surface area (Å²) in [6.07, 6.45) is 13.3. The lowest BCUT2D eigenvalue weighted by atomic mass is 9.75. The topological polar surface area (TPSA) is 37.4 Å². The molecule has 2 atom stereocenters. The molecule has 2 aliphatic carbocycles. The summed E-state index contributed by atoms with van der Waals surface area (Å²) in [5.41, 5.74) is 0. The van der Waals surface area contributed by atoms with E-state index in [-0.39, 0.29) is 11.8 Å². The van der Waals surface area contributed by atoms with Crippen LogP contribution < -0.4 is 0 Å². The largest absolute Gasteiger partial charge is 0.342 e. The summed E-state index contributed by atoms with van der Waals surface area (Å²) in [4.78, 5) is 26.7. The average molecular weight is 305 g/mol. The second-order valence-electron chi connectivity index (χ2n) is 7.73. The zero-order chi connectivity index (χ0) is 15.4. The van der Waals surface area contributed by atoms with Crippen LogP contribution in [0.3, 0.4) is 0 Å². The van der Waals surface area contributed by atoms with Gasteiger partial charge in [-0.3, -0.25) is 9.59 Å². The quantitative estimate of drug-likeness (QED) is 0.788. The molecule has 1 amide bonds. The summed E-state index contributed by atoms with van der Waals surface area (Å²) in [6, 6.07) is 0. The van der Waals surface area contributed by atoms with Crippen LogP contribution in [0.2, 0.25) is 0 Å². The van der Waals surface area contributed by atoms with Crippen LogP contribution in [0.5, 0.6) is 0 Å². The Hall–Kier alpha value is -0.860. The highest BCUT2D eigenvalue weighted by atomic mass is 16.2. The predicted octanol–water partition coefficient (Wildman–Crippen LogP) is 3.95. The number of ketones is 1. The maximum atomic E-state index is 12.4. The van der Waals surface area contributed by atoms with Crippen molar-refractivity contribution >= 4 is 11.7 Å². The molecule has 0 aromatic rings. The van der Waals surface area contributed by atoms with Gasteiger partial charge in [-0.15, -0.1) is 0 Å². The van der Waals surface area contributed by atoms with Crippen molar-refractivity contribution in [2.24, 2.45) is 17.8 Å². The lowest BCUT2D eigenvalue weighted by molar-refractivity contribution is -0.136. The molecule has 1 saturated heterocycles. The third-order valence-corrected chi connectivity index (χ3v) is 6.29. The number of amides is 1. The van der Waals surface area contributed by atoms with Crippen LogP contribution >= 0.6 is 0 Å². The Kier molecular flexibility index (Phi) is 5.54. The number of carbonyl (C=O) groups excluding carboxylic acids is 2. The van der Waals surface area contributed by atoms with Crippen LogP contribution in [-0.4, -0.2) is 29.7 Å². The van der Waals surface area contributed by atoms with E-state index in [9.17, 15) is 9.59 Å². The second-order valence-corrected chi connectivity index (χ2v) is 7.73. The van der Waals surface area contributed by atoms with Gasteiger partial charge in [-0.2, -0.15) is 0 Å². The van der Waals surface area contributed by atoms with Gasteiger partial charge in [0.2, 0.25) is 5.91 Å². The molecule has 3 heteroatoms. The standard InChI is InChI=1S/C19H31NO2/c21-18(16-7-2-1-3-8-16)10-11-19(22)20-13-12-15-6-4-5-9-17(15)14-20/h15-17H,1-14H2. The first-order valence-electron chi connectivity index (χ1n) is 9.54. The van der Waals surface area contributed by atoms with Crippen molar-refractivity contribution in [3.8, 4) is 0 Å². The Balaban J connectivity index is 1.42. The molecule has 0 spiro atoms. The average Bonchev–Trinajstić information content (AvgIpc) is 2.59. The lowest BCUT2D eigenvalue weighted by Crippen LogP contribution is -2.44. The molecule has 0 bridgehead atoms. The Morgan fingerprint density at radius 1 is 0.773 bits per heavy atom. The minimum Gasteiger partial charge on any atom is -0.342 e. The number of carbonyl (C=O) groups is 2. The van der Waals surface area contributed by atoms with Crippen LogP contribution in [-0.2, 0) is 9.59 Å². The summed E-state index contributed by atoms with van der Waals surface area (Å²) >= 11 is 0. The highest BCUT2D eigenvalue weighted by Gasteiger charge is 2.33. The zero-order valence-corrected chi connectivity index (χ0v) is 13.9.